The van der Waals surface area contributed by atoms with E-state index in [0.717, 1.165) is 32.8 Å². The lowest BCUT2D eigenvalue weighted by Crippen LogP contribution is -2.50. The first-order valence-corrected chi connectivity index (χ1v) is 8.51. The molecule has 0 radical (unpaired) electrons. The predicted molar refractivity (Wildman–Crippen MR) is 102 cm³/mol. The Hall–Kier alpha value is -1.39. The number of hydrogen-bond donors (Lipinski definition) is 1. The van der Waals surface area contributed by atoms with Gasteiger partial charge in [0.05, 0.1) is 6.61 Å². The van der Waals surface area contributed by atoms with Crippen LogP contribution in [0, 0.1) is 0 Å². The highest BCUT2D eigenvalue weighted by Crippen LogP contribution is 2.25. The van der Waals surface area contributed by atoms with Crippen LogP contribution in [0.15, 0.2) is 60.7 Å². The van der Waals surface area contributed by atoms with Crippen LogP contribution in [0.2, 0.25) is 0 Å². The van der Waals surface area contributed by atoms with Gasteiger partial charge in [0.15, 0.2) is 0 Å². The molecule has 1 heterocycles. The maximum atomic E-state index is 6.30. The number of nitrogens with zero attached hydrogens (tertiary/aromatic N) is 1. The average molecular weight is 347 g/mol. The summed E-state index contributed by atoms with van der Waals surface area (Å²) in [4.78, 5) is 2.50. The Labute approximate surface area is 151 Å². The molecular formula is C20H27ClN2O. The molecule has 24 heavy (non-hydrogen) atoms. The molecule has 1 aliphatic heterocycles. The fourth-order valence-corrected chi connectivity index (χ4v) is 3.14. The summed E-state index contributed by atoms with van der Waals surface area (Å²) in [6.07, 6.45) is 0.00983. The van der Waals surface area contributed by atoms with E-state index in [2.05, 4.69) is 65.7 Å². The second-order valence-corrected chi connectivity index (χ2v) is 6.16. The third-order valence-corrected chi connectivity index (χ3v) is 4.51. The third kappa shape index (κ3) is 5.05. The molecule has 1 aliphatic rings. The molecule has 130 valence electrons. The molecule has 0 bridgehead atoms. The number of hydrogen-bond acceptors (Lipinski definition) is 3. The normalized spacial score (nSPS) is 18.3. The highest BCUT2D eigenvalue weighted by atomic mass is 35.5. The summed E-state index contributed by atoms with van der Waals surface area (Å²) in [7, 11) is 0. The molecule has 3 nitrogen and oxygen atoms in total. The van der Waals surface area contributed by atoms with Crippen LogP contribution in [0.4, 0.5) is 0 Å². The highest BCUT2D eigenvalue weighted by Gasteiger charge is 2.19. The van der Waals surface area contributed by atoms with Crippen LogP contribution in [0.3, 0.4) is 0 Å². The van der Waals surface area contributed by atoms with Gasteiger partial charge in [-0.25, -0.2) is 0 Å². The third-order valence-electron chi connectivity index (χ3n) is 4.51. The molecule has 0 aliphatic carbocycles. The number of benzene rings is 2. The van der Waals surface area contributed by atoms with Gasteiger partial charge in [0.2, 0.25) is 0 Å². The molecule has 1 N–H and O–H groups in total. The van der Waals surface area contributed by atoms with Gasteiger partial charge in [-0.3, -0.25) is 4.90 Å². The van der Waals surface area contributed by atoms with Crippen LogP contribution in [-0.2, 0) is 4.74 Å². The van der Waals surface area contributed by atoms with Crippen LogP contribution < -0.4 is 5.32 Å². The molecule has 4 heteroatoms. The summed E-state index contributed by atoms with van der Waals surface area (Å²) in [5.74, 6) is 0. The van der Waals surface area contributed by atoms with E-state index in [4.69, 9.17) is 4.74 Å². The van der Waals surface area contributed by atoms with Crippen molar-refractivity contribution < 1.29 is 4.74 Å². The number of nitrogens with one attached hydrogen (secondary N) is 1. The minimum absolute atomic E-state index is 0. The van der Waals surface area contributed by atoms with Gasteiger partial charge in [0.25, 0.3) is 0 Å². The van der Waals surface area contributed by atoms with E-state index in [1.165, 1.54) is 11.1 Å². The molecule has 0 amide bonds. The summed E-state index contributed by atoms with van der Waals surface area (Å²) < 4.78 is 6.30. The van der Waals surface area contributed by atoms with Gasteiger partial charge in [0.1, 0.15) is 6.10 Å². The molecular weight excluding hydrogens is 320 g/mol. The van der Waals surface area contributed by atoms with E-state index in [0.29, 0.717) is 6.04 Å². The first-order valence-electron chi connectivity index (χ1n) is 8.51. The van der Waals surface area contributed by atoms with Crippen LogP contribution in [0.5, 0.6) is 0 Å². The predicted octanol–water partition coefficient (Wildman–Crippen LogP) is 3.51. The number of ether oxygens (including phenoxy) is 1. The smallest absolute Gasteiger partial charge is 0.108 e. The van der Waals surface area contributed by atoms with E-state index >= 15 is 0 Å². The summed E-state index contributed by atoms with van der Waals surface area (Å²) in [6.45, 7) is 7.26. The fourth-order valence-electron chi connectivity index (χ4n) is 3.14. The van der Waals surface area contributed by atoms with Crippen molar-refractivity contribution in [1.82, 2.24) is 10.2 Å². The Morgan fingerprint density at radius 2 is 1.62 bits per heavy atom. The molecule has 2 aromatic rings. The molecule has 1 fully saturated rings. The van der Waals surface area contributed by atoms with E-state index in [9.17, 15) is 0 Å². The van der Waals surface area contributed by atoms with Crippen molar-refractivity contribution in [2.24, 2.45) is 0 Å². The highest BCUT2D eigenvalue weighted by molar-refractivity contribution is 5.85. The summed E-state index contributed by atoms with van der Waals surface area (Å²) >= 11 is 0. The second kappa shape index (κ2) is 9.80. The van der Waals surface area contributed by atoms with E-state index in [-0.39, 0.29) is 18.5 Å². The number of rotatable bonds is 6. The zero-order valence-electron chi connectivity index (χ0n) is 14.2. The molecule has 3 rings (SSSR count). The van der Waals surface area contributed by atoms with Crippen molar-refractivity contribution >= 4 is 12.4 Å². The van der Waals surface area contributed by atoms with Gasteiger partial charge in [-0.1, -0.05) is 60.7 Å². The SMILES string of the molecule is C[C@H]1CNCCN1CCOC(c1ccccc1)c1ccccc1.Cl. The second-order valence-electron chi connectivity index (χ2n) is 6.16. The van der Waals surface area contributed by atoms with E-state index in [1.54, 1.807) is 0 Å². The lowest BCUT2D eigenvalue weighted by molar-refractivity contribution is 0.0464. The fraction of sp³-hybridized carbons (Fsp3) is 0.400. The Morgan fingerprint density at radius 3 is 2.17 bits per heavy atom. The summed E-state index contributed by atoms with van der Waals surface area (Å²) in [6, 6.07) is 21.6. The van der Waals surface area contributed by atoms with Gasteiger partial charge in [-0.2, -0.15) is 0 Å². The van der Waals surface area contributed by atoms with Gasteiger partial charge in [0, 0.05) is 32.2 Å². The Kier molecular flexibility index (Phi) is 7.73. The number of piperazine rings is 1. The van der Waals surface area contributed by atoms with E-state index in [1.807, 2.05) is 12.1 Å². The molecule has 0 unspecified atom stereocenters. The lowest BCUT2D eigenvalue weighted by Gasteiger charge is -2.34. The Morgan fingerprint density at radius 1 is 1.04 bits per heavy atom. The zero-order chi connectivity index (χ0) is 15.9. The maximum Gasteiger partial charge on any atom is 0.108 e. The van der Waals surface area contributed by atoms with Crippen molar-refractivity contribution in [3.8, 4) is 0 Å². The van der Waals surface area contributed by atoms with Crippen molar-refractivity contribution in [3.05, 3.63) is 71.8 Å². The van der Waals surface area contributed by atoms with Crippen molar-refractivity contribution in [2.45, 2.75) is 19.1 Å². The van der Waals surface area contributed by atoms with Gasteiger partial charge in [-0.15, -0.1) is 12.4 Å². The molecule has 1 saturated heterocycles. The lowest BCUT2D eigenvalue weighted by atomic mass is 10.0. The monoisotopic (exact) mass is 346 g/mol. The zero-order valence-corrected chi connectivity index (χ0v) is 15.0. The van der Waals surface area contributed by atoms with Gasteiger partial charge >= 0.3 is 0 Å². The summed E-state index contributed by atoms with van der Waals surface area (Å²) in [5.41, 5.74) is 2.43. The molecule has 0 saturated carbocycles. The molecule has 2 aromatic carbocycles. The minimum Gasteiger partial charge on any atom is -0.367 e. The van der Waals surface area contributed by atoms with Crippen LogP contribution in [0.1, 0.15) is 24.2 Å². The minimum atomic E-state index is 0. The average Bonchev–Trinajstić information content (AvgIpc) is 2.62. The standard InChI is InChI=1S/C20H26N2O.ClH/c1-17-16-21-12-13-22(17)14-15-23-20(18-8-4-2-5-9-18)19-10-6-3-7-11-19;/h2-11,17,20-21H,12-16H2,1H3;1H/t17-;/m0./s1. The first kappa shape index (κ1) is 18.9. The topological polar surface area (TPSA) is 24.5 Å². The van der Waals surface area contributed by atoms with Crippen molar-refractivity contribution in [1.29, 1.82) is 0 Å². The van der Waals surface area contributed by atoms with E-state index < -0.39 is 0 Å². The Bertz CT molecular complexity index is 539. The van der Waals surface area contributed by atoms with Crippen LogP contribution >= 0.6 is 12.4 Å². The van der Waals surface area contributed by atoms with Crippen LogP contribution in [-0.4, -0.2) is 43.7 Å². The maximum absolute atomic E-state index is 6.30. The molecule has 0 aromatic heterocycles. The summed E-state index contributed by atoms with van der Waals surface area (Å²) in [5, 5.41) is 3.43. The van der Waals surface area contributed by atoms with Gasteiger partial charge < -0.3 is 10.1 Å². The Balaban J connectivity index is 0.00000208. The van der Waals surface area contributed by atoms with Gasteiger partial charge in [-0.05, 0) is 18.1 Å². The van der Waals surface area contributed by atoms with Crippen molar-refractivity contribution in [2.75, 3.05) is 32.8 Å². The number of halogens is 1. The largest absolute Gasteiger partial charge is 0.367 e. The quantitative estimate of drug-likeness (QED) is 0.866. The molecule has 0 spiro atoms. The molecule has 1 atom stereocenters. The van der Waals surface area contributed by atoms with Crippen LogP contribution in [0.25, 0.3) is 0 Å². The first-order chi connectivity index (χ1) is 11.3. The van der Waals surface area contributed by atoms with Crippen molar-refractivity contribution in [3.63, 3.8) is 0 Å².